The molecule has 4 amide bonds. The van der Waals surface area contributed by atoms with E-state index in [-0.39, 0.29) is 23.6 Å². The first-order valence-corrected chi connectivity index (χ1v) is 22.9. The first-order chi connectivity index (χ1) is 30.6. The maximum Gasteiger partial charge on any atom is 0.267 e. The average Bonchev–Trinajstić information content (AvgIpc) is 3.96. The highest BCUT2D eigenvalue weighted by atomic mass is 35.5. The van der Waals surface area contributed by atoms with Crippen molar-refractivity contribution >= 4 is 75.0 Å². The first kappa shape index (κ1) is 45.6. The van der Waals surface area contributed by atoms with Gasteiger partial charge in [-0.15, -0.1) is 0 Å². The Balaban J connectivity index is 0.000000189. The second kappa shape index (κ2) is 22.3. The fraction of sp³-hybridized carbons (Fsp3) is 0.375. The average molecular weight is 912 g/mol. The third-order valence-corrected chi connectivity index (χ3v) is 12.6. The Hall–Kier alpha value is -5.43. The Bertz CT molecular complexity index is 2450. The largest absolute Gasteiger partial charge is 0.352 e. The number of pyridine rings is 2. The molecule has 2 aliphatic rings. The van der Waals surface area contributed by atoms with Crippen LogP contribution in [0.5, 0.6) is 0 Å². The van der Waals surface area contributed by atoms with Gasteiger partial charge >= 0.3 is 0 Å². The molecule has 4 aromatic heterocycles. The third-order valence-electron chi connectivity index (χ3n) is 12.0. The lowest BCUT2D eigenvalue weighted by Gasteiger charge is -2.32. The molecule has 0 atom stereocenters. The highest BCUT2D eigenvalue weighted by Crippen LogP contribution is 2.27. The van der Waals surface area contributed by atoms with Crippen molar-refractivity contribution in [2.45, 2.75) is 64.2 Å². The second-order valence-electron chi connectivity index (χ2n) is 16.4. The molecule has 0 spiro atoms. The van der Waals surface area contributed by atoms with Crippen LogP contribution in [0.4, 0.5) is 0 Å². The summed E-state index contributed by atoms with van der Waals surface area (Å²) in [5.74, 6) is 1.17. The minimum Gasteiger partial charge on any atom is -0.352 e. The molecule has 12 nitrogen and oxygen atoms in total. The topological polar surface area (TPSA) is 145 Å². The summed E-state index contributed by atoms with van der Waals surface area (Å²) < 4.78 is 1.85. The van der Waals surface area contributed by atoms with Crippen LogP contribution in [0.3, 0.4) is 0 Å². The van der Waals surface area contributed by atoms with Gasteiger partial charge in [-0.2, -0.15) is 0 Å². The Morgan fingerprint density at radius 3 is 1.90 bits per heavy atom. The highest BCUT2D eigenvalue weighted by molar-refractivity contribution is 6.35. The van der Waals surface area contributed by atoms with Gasteiger partial charge in [0.2, 0.25) is 0 Å². The normalized spacial score (nSPS) is 14.7. The van der Waals surface area contributed by atoms with E-state index >= 15 is 0 Å². The van der Waals surface area contributed by atoms with Crippen molar-refractivity contribution in [2.24, 2.45) is 11.8 Å². The van der Waals surface area contributed by atoms with E-state index in [1.165, 1.54) is 0 Å². The molecule has 6 heterocycles. The summed E-state index contributed by atoms with van der Waals surface area (Å²) in [6.07, 6.45) is 19.1. The van der Waals surface area contributed by atoms with E-state index in [1.54, 1.807) is 61.2 Å². The van der Waals surface area contributed by atoms with E-state index < -0.39 is 0 Å². The molecular formula is C48H53Cl3N8O4. The predicted molar refractivity (Wildman–Crippen MR) is 249 cm³/mol. The van der Waals surface area contributed by atoms with E-state index in [1.807, 2.05) is 50.7 Å². The maximum atomic E-state index is 12.7. The second-order valence-corrected chi connectivity index (χ2v) is 17.7. The van der Waals surface area contributed by atoms with E-state index in [0.29, 0.717) is 62.4 Å². The molecule has 0 saturated carbocycles. The van der Waals surface area contributed by atoms with Crippen LogP contribution in [-0.2, 0) is 0 Å². The number of aromatic nitrogens is 4. The van der Waals surface area contributed by atoms with Gasteiger partial charge in [-0.05, 0) is 111 Å². The number of piperidine rings is 2. The molecule has 6 aromatic rings. The van der Waals surface area contributed by atoms with Gasteiger partial charge in [0.05, 0.1) is 5.56 Å². The molecule has 3 N–H and O–H groups in total. The van der Waals surface area contributed by atoms with Gasteiger partial charge in [-0.3, -0.25) is 24.2 Å². The maximum absolute atomic E-state index is 12.7. The Kier molecular flexibility index (Phi) is 16.1. The molecule has 15 heteroatoms. The van der Waals surface area contributed by atoms with Crippen molar-refractivity contribution in [3.05, 3.63) is 135 Å². The molecule has 2 aliphatic heterocycles. The molecule has 2 aromatic carbocycles. The Labute approximate surface area is 382 Å². The molecule has 0 radical (unpaired) electrons. The van der Waals surface area contributed by atoms with Crippen LogP contribution in [0.1, 0.15) is 106 Å². The number of hydrogen-bond acceptors (Lipinski definition) is 6. The van der Waals surface area contributed by atoms with Crippen LogP contribution in [0.15, 0.2) is 97.7 Å². The first-order valence-electron chi connectivity index (χ1n) is 21.8. The number of carbonyl (C=O) groups is 4. The molecule has 63 heavy (non-hydrogen) atoms. The van der Waals surface area contributed by atoms with Crippen LogP contribution in [0.2, 0.25) is 15.1 Å². The molecule has 330 valence electrons. The number of aromatic amines is 1. The zero-order valence-corrected chi connectivity index (χ0v) is 37.5. The van der Waals surface area contributed by atoms with Crippen LogP contribution < -0.4 is 10.6 Å². The number of nitrogens with zero attached hydrogens (tertiary/aromatic N) is 5. The van der Waals surface area contributed by atoms with Gasteiger partial charge in [0.1, 0.15) is 11.3 Å². The number of fused-ring (bicyclic) bond motifs is 2. The van der Waals surface area contributed by atoms with Gasteiger partial charge in [0.15, 0.2) is 0 Å². The number of benzene rings is 2. The monoisotopic (exact) mass is 910 g/mol. The number of nitrogens with one attached hydrogen (secondary N) is 3. The fourth-order valence-electron chi connectivity index (χ4n) is 8.38. The van der Waals surface area contributed by atoms with Crippen molar-refractivity contribution in [1.82, 2.24) is 39.8 Å². The number of carbonyl (C=O) groups excluding carboxylic acids is 4. The van der Waals surface area contributed by atoms with Crippen LogP contribution in [-0.4, -0.2) is 92.0 Å². The number of imidazole rings is 1. The van der Waals surface area contributed by atoms with Crippen molar-refractivity contribution in [1.29, 1.82) is 0 Å². The summed E-state index contributed by atoms with van der Waals surface area (Å²) in [5, 5.41) is 8.46. The quantitative estimate of drug-likeness (QED) is 0.0929. The summed E-state index contributed by atoms with van der Waals surface area (Å²) in [7, 11) is 0. The molecule has 0 aliphatic carbocycles. The third kappa shape index (κ3) is 12.8. The Morgan fingerprint density at radius 2 is 1.27 bits per heavy atom. The van der Waals surface area contributed by atoms with Crippen LogP contribution in [0, 0.1) is 11.8 Å². The van der Waals surface area contributed by atoms with E-state index in [2.05, 4.69) is 25.6 Å². The summed E-state index contributed by atoms with van der Waals surface area (Å²) in [6, 6.07) is 19.5. The lowest BCUT2D eigenvalue weighted by atomic mass is 9.91. The number of hydrogen-bond donors (Lipinski definition) is 3. The van der Waals surface area contributed by atoms with Gasteiger partial charge in [-0.25, -0.2) is 4.98 Å². The number of unbranched alkanes of at least 4 members (excludes halogenated alkanes) is 2. The molecule has 2 fully saturated rings. The molecular weight excluding hydrogens is 859 g/mol. The van der Waals surface area contributed by atoms with Crippen molar-refractivity contribution < 1.29 is 19.2 Å². The minimum absolute atomic E-state index is 0.0108. The highest BCUT2D eigenvalue weighted by Gasteiger charge is 2.25. The summed E-state index contributed by atoms with van der Waals surface area (Å²) in [4.78, 5) is 65.2. The van der Waals surface area contributed by atoms with Crippen LogP contribution >= 0.6 is 34.8 Å². The molecule has 0 bridgehead atoms. The van der Waals surface area contributed by atoms with E-state index in [9.17, 15) is 19.2 Å². The van der Waals surface area contributed by atoms with E-state index in [4.69, 9.17) is 34.8 Å². The lowest BCUT2D eigenvalue weighted by Crippen LogP contribution is -2.38. The molecule has 2 saturated heterocycles. The van der Waals surface area contributed by atoms with Gasteiger partial charge < -0.3 is 29.8 Å². The number of likely N-dealkylation sites (tertiary alicyclic amines) is 2. The molecule has 8 rings (SSSR count). The van der Waals surface area contributed by atoms with Crippen molar-refractivity contribution in [3.8, 4) is 0 Å². The zero-order chi connectivity index (χ0) is 44.1. The predicted octanol–water partition coefficient (Wildman–Crippen LogP) is 9.76. The summed E-state index contributed by atoms with van der Waals surface area (Å²) in [5.41, 5.74) is 4.15. The minimum atomic E-state index is -0.0888. The van der Waals surface area contributed by atoms with Crippen molar-refractivity contribution in [3.63, 3.8) is 0 Å². The number of amides is 4. The zero-order valence-electron chi connectivity index (χ0n) is 35.2. The fourth-order valence-corrected chi connectivity index (χ4v) is 9.10. The smallest absolute Gasteiger partial charge is 0.267 e. The van der Waals surface area contributed by atoms with E-state index in [0.717, 1.165) is 107 Å². The lowest BCUT2D eigenvalue weighted by molar-refractivity contribution is 0.0678. The van der Waals surface area contributed by atoms with Gasteiger partial charge in [-0.1, -0.05) is 66.6 Å². The SMILES string of the molecule is O=C(NCCCCC1CCN(C(=O)c2cc(Cl)cc(Cl)c2)CC1)c1cc2cnccc2[nH]1.O=C(NCCCCC1CCN(C(=O)c2cccc(Cl)c2)CC1)c1ccc2nccn2c1. The number of rotatable bonds is 14. The van der Waals surface area contributed by atoms with Gasteiger partial charge in [0.25, 0.3) is 23.6 Å². The van der Waals surface area contributed by atoms with Gasteiger partial charge in [0, 0.05) is 107 Å². The number of halogens is 3. The molecule has 0 unspecified atom stereocenters. The standard InChI is InChI=1S/C24H26Cl2N4O2.C24H27ClN4O2/c25-19-11-17(12-20(26)14-19)24(32)30-9-5-16(6-10-30)3-1-2-7-28-23(31)22-13-18-15-27-8-4-21(18)29-22;25-21-6-3-5-19(16-21)24(31)28-13-9-18(10-14-28)4-1-2-11-27-23(30)20-7-8-22-26-12-15-29(22)17-20/h4,8,11-16,29H,1-3,5-7,9-10H2,(H,28,31);3,5-8,12,15-18H,1-2,4,9-11,13-14H2,(H,27,30). The Morgan fingerprint density at radius 1 is 0.651 bits per heavy atom. The number of H-pyrrole nitrogens is 1. The van der Waals surface area contributed by atoms with Crippen LogP contribution in [0.25, 0.3) is 16.6 Å². The van der Waals surface area contributed by atoms with Crippen molar-refractivity contribution in [2.75, 3.05) is 39.3 Å². The summed E-state index contributed by atoms with van der Waals surface area (Å²) in [6.45, 7) is 4.42. The summed E-state index contributed by atoms with van der Waals surface area (Å²) >= 11 is 18.1.